The molecule has 96 valence electrons. The number of phenols is 1. The fraction of sp³-hybridized carbons (Fsp3) is 0.538. The van der Waals surface area contributed by atoms with Crippen LogP contribution in [-0.2, 0) is 6.54 Å². The van der Waals surface area contributed by atoms with Gasteiger partial charge in [0.25, 0.3) is 0 Å². The van der Waals surface area contributed by atoms with E-state index < -0.39 is 0 Å². The van der Waals surface area contributed by atoms with Crippen molar-refractivity contribution < 1.29 is 5.11 Å². The predicted molar refractivity (Wildman–Crippen MR) is 75.3 cm³/mol. The van der Waals surface area contributed by atoms with Crippen molar-refractivity contribution in [1.82, 2.24) is 10.2 Å². The van der Waals surface area contributed by atoms with Crippen LogP contribution in [0.15, 0.2) is 22.7 Å². The molecule has 0 bridgehead atoms. The molecule has 0 aliphatic heterocycles. The summed E-state index contributed by atoms with van der Waals surface area (Å²) in [5.74, 6) is 0.285. The summed E-state index contributed by atoms with van der Waals surface area (Å²) in [5, 5.41) is 12.8. The average Bonchev–Trinajstić information content (AvgIpc) is 2.28. The van der Waals surface area contributed by atoms with Crippen molar-refractivity contribution in [3.63, 3.8) is 0 Å². The van der Waals surface area contributed by atoms with Crippen molar-refractivity contribution in [2.45, 2.75) is 26.4 Å². The molecule has 0 spiro atoms. The minimum Gasteiger partial charge on any atom is -0.507 e. The smallest absolute Gasteiger partial charge is 0.129 e. The molecule has 1 rings (SSSR count). The van der Waals surface area contributed by atoms with Gasteiger partial charge in [-0.3, -0.25) is 0 Å². The lowest BCUT2D eigenvalue weighted by molar-refractivity contribution is 0.273. The van der Waals surface area contributed by atoms with E-state index in [0.717, 1.165) is 24.1 Å². The number of nitrogens with zero attached hydrogens (tertiary/aromatic N) is 1. The monoisotopic (exact) mass is 300 g/mol. The van der Waals surface area contributed by atoms with Crippen molar-refractivity contribution in [1.29, 1.82) is 0 Å². The second-order valence-corrected chi connectivity index (χ2v) is 5.39. The zero-order valence-corrected chi connectivity index (χ0v) is 12.3. The van der Waals surface area contributed by atoms with E-state index >= 15 is 0 Å². The predicted octanol–water partition coefficient (Wildman–Crippen LogP) is 2.58. The number of hydrogen-bond acceptors (Lipinski definition) is 3. The van der Waals surface area contributed by atoms with Gasteiger partial charge in [-0.05, 0) is 54.5 Å². The summed E-state index contributed by atoms with van der Waals surface area (Å²) in [6.45, 7) is 7.21. The Morgan fingerprint density at radius 1 is 1.41 bits per heavy atom. The molecule has 0 atom stereocenters. The molecule has 4 heteroatoms. The molecule has 0 radical (unpaired) electrons. The highest BCUT2D eigenvalue weighted by Crippen LogP contribution is 2.23. The maximum absolute atomic E-state index is 9.38. The fourth-order valence-corrected chi connectivity index (χ4v) is 1.83. The number of halogens is 1. The van der Waals surface area contributed by atoms with Gasteiger partial charge in [-0.25, -0.2) is 0 Å². The molecule has 2 N–H and O–H groups in total. The lowest BCUT2D eigenvalue weighted by Crippen LogP contribution is -2.33. The van der Waals surface area contributed by atoms with Crippen LogP contribution in [0.3, 0.4) is 0 Å². The van der Waals surface area contributed by atoms with Crippen LogP contribution in [0.4, 0.5) is 0 Å². The lowest BCUT2D eigenvalue weighted by atomic mass is 10.2. The Kier molecular flexibility index (Phi) is 5.95. The second-order valence-electron chi connectivity index (χ2n) is 4.54. The first-order valence-electron chi connectivity index (χ1n) is 5.89. The van der Waals surface area contributed by atoms with Crippen LogP contribution >= 0.6 is 15.9 Å². The molecule has 0 saturated heterocycles. The Morgan fingerprint density at radius 2 is 2.12 bits per heavy atom. The molecule has 0 fully saturated rings. The molecule has 1 aromatic carbocycles. The van der Waals surface area contributed by atoms with Gasteiger partial charge in [0, 0.05) is 25.7 Å². The van der Waals surface area contributed by atoms with E-state index in [-0.39, 0.29) is 5.75 Å². The molecule has 0 heterocycles. The third-order valence-corrected chi connectivity index (χ3v) is 3.50. The van der Waals surface area contributed by atoms with Gasteiger partial charge in [0.1, 0.15) is 5.75 Å². The zero-order chi connectivity index (χ0) is 12.8. The fourth-order valence-electron chi connectivity index (χ4n) is 1.41. The van der Waals surface area contributed by atoms with Crippen molar-refractivity contribution in [2.75, 3.05) is 20.1 Å². The standard InChI is InChI=1S/C13H21BrN2O/c1-10(2)16(3)7-6-15-9-11-4-5-13(17)12(14)8-11/h4-5,8,10,15,17H,6-7,9H2,1-3H3. The molecule has 1 aromatic rings. The lowest BCUT2D eigenvalue weighted by Gasteiger charge is -2.20. The molecule has 0 unspecified atom stereocenters. The highest BCUT2D eigenvalue weighted by molar-refractivity contribution is 9.10. The van der Waals surface area contributed by atoms with E-state index in [1.165, 1.54) is 5.56 Å². The number of likely N-dealkylation sites (N-methyl/N-ethyl adjacent to an activating group) is 1. The molecule has 0 amide bonds. The Bertz CT molecular complexity index is 355. The summed E-state index contributed by atoms with van der Waals surface area (Å²) in [7, 11) is 2.13. The van der Waals surface area contributed by atoms with E-state index in [0.29, 0.717) is 6.04 Å². The number of rotatable bonds is 6. The minimum atomic E-state index is 0.285. The molecule has 0 aliphatic carbocycles. The highest BCUT2D eigenvalue weighted by Gasteiger charge is 2.02. The Morgan fingerprint density at radius 3 is 2.71 bits per heavy atom. The maximum atomic E-state index is 9.38. The number of aromatic hydroxyl groups is 1. The van der Waals surface area contributed by atoms with Crippen LogP contribution in [0.5, 0.6) is 5.75 Å². The molecular formula is C13H21BrN2O. The summed E-state index contributed by atoms with van der Waals surface area (Å²) < 4.78 is 0.746. The topological polar surface area (TPSA) is 35.5 Å². The van der Waals surface area contributed by atoms with Crippen molar-refractivity contribution in [3.05, 3.63) is 28.2 Å². The van der Waals surface area contributed by atoms with E-state index in [1.807, 2.05) is 12.1 Å². The van der Waals surface area contributed by atoms with E-state index in [4.69, 9.17) is 0 Å². The molecule has 17 heavy (non-hydrogen) atoms. The average molecular weight is 301 g/mol. The van der Waals surface area contributed by atoms with Crippen LogP contribution in [0, 0.1) is 0 Å². The molecule has 0 aromatic heterocycles. The van der Waals surface area contributed by atoms with Crippen LogP contribution in [0.25, 0.3) is 0 Å². The van der Waals surface area contributed by atoms with Gasteiger partial charge in [0.05, 0.1) is 4.47 Å². The third kappa shape index (κ3) is 5.06. The quantitative estimate of drug-likeness (QED) is 0.793. The number of nitrogens with one attached hydrogen (secondary N) is 1. The van der Waals surface area contributed by atoms with E-state index in [1.54, 1.807) is 6.07 Å². The van der Waals surface area contributed by atoms with Gasteiger partial charge in [-0.15, -0.1) is 0 Å². The van der Waals surface area contributed by atoms with Crippen molar-refractivity contribution >= 4 is 15.9 Å². The Balaban J connectivity index is 2.29. The van der Waals surface area contributed by atoms with Crippen LogP contribution < -0.4 is 5.32 Å². The molecule has 0 aliphatic rings. The first-order chi connectivity index (χ1) is 8.00. The van der Waals surface area contributed by atoms with Crippen LogP contribution in [-0.4, -0.2) is 36.2 Å². The van der Waals surface area contributed by atoms with Crippen molar-refractivity contribution in [2.24, 2.45) is 0 Å². The van der Waals surface area contributed by atoms with Gasteiger partial charge in [0.2, 0.25) is 0 Å². The highest BCUT2D eigenvalue weighted by atomic mass is 79.9. The molecule has 3 nitrogen and oxygen atoms in total. The van der Waals surface area contributed by atoms with Crippen LogP contribution in [0.2, 0.25) is 0 Å². The molecular weight excluding hydrogens is 280 g/mol. The summed E-state index contributed by atoms with van der Waals surface area (Å²) in [5.41, 5.74) is 1.17. The SMILES string of the molecule is CC(C)N(C)CCNCc1ccc(O)c(Br)c1. The van der Waals surface area contributed by atoms with E-state index in [9.17, 15) is 5.11 Å². The zero-order valence-electron chi connectivity index (χ0n) is 10.7. The number of hydrogen-bond donors (Lipinski definition) is 2. The van der Waals surface area contributed by atoms with Gasteiger partial charge in [-0.1, -0.05) is 6.07 Å². The van der Waals surface area contributed by atoms with Gasteiger partial charge in [-0.2, -0.15) is 0 Å². The largest absolute Gasteiger partial charge is 0.507 e. The summed E-state index contributed by atoms with van der Waals surface area (Å²) in [4.78, 5) is 2.31. The summed E-state index contributed by atoms with van der Waals surface area (Å²) in [6, 6.07) is 6.16. The minimum absolute atomic E-state index is 0.285. The Labute approximate surface area is 112 Å². The third-order valence-electron chi connectivity index (χ3n) is 2.86. The van der Waals surface area contributed by atoms with Gasteiger partial charge < -0.3 is 15.3 Å². The van der Waals surface area contributed by atoms with E-state index in [2.05, 4.69) is 47.0 Å². The number of benzene rings is 1. The normalized spacial score (nSPS) is 11.4. The first-order valence-corrected chi connectivity index (χ1v) is 6.68. The summed E-state index contributed by atoms with van der Waals surface area (Å²) in [6.07, 6.45) is 0. The first kappa shape index (κ1) is 14.5. The van der Waals surface area contributed by atoms with Gasteiger partial charge >= 0.3 is 0 Å². The number of phenolic OH excluding ortho intramolecular Hbond substituents is 1. The summed E-state index contributed by atoms with van der Waals surface area (Å²) >= 11 is 3.31. The van der Waals surface area contributed by atoms with Crippen LogP contribution in [0.1, 0.15) is 19.4 Å². The maximum Gasteiger partial charge on any atom is 0.129 e. The second kappa shape index (κ2) is 6.99. The Hall–Kier alpha value is -0.580. The van der Waals surface area contributed by atoms with Gasteiger partial charge in [0.15, 0.2) is 0 Å². The molecule has 0 saturated carbocycles. The van der Waals surface area contributed by atoms with Crippen molar-refractivity contribution in [3.8, 4) is 5.75 Å².